The number of nitrogens with one attached hydrogen (secondary N) is 1. The van der Waals surface area contributed by atoms with Crippen molar-refractivity contribution in [1.29, 1.82) is 0 Å². The Kier molecular flexibility index (Phi) is 7.34. The Hall–Kier alpha value is -0.610. The fraction of sp³-hybridized carbons (Fsp3) is 0.917. The molecule has 0 bridgehead atoms. The molecule has 0 rings (SSSR count). The van der Waals surface area contributed by atoms with Gasteiger partial charge < -0.3 is 11.1 Å². The third kappa shape index (κ3) is 4.94. The highest BCUT2D eigenvalue weighted by Crippen LogP contribution is 2.06. The van der Waals surface area contributed by atoms with E-state index >= 15 is 0 Å². The van der Waals surface area contributed by atoms with Gasteiger partial charge in [0.15, 0.2) is 0 Å². The maximum absolute atomic E-state index is 11.9. The van der Waals surface area contributed by atoms with Crippen LogP contribution in [0.2, 0.25) is 0 Å². The van der Waals surface area contributed by atoms with Gasteiger partial charge in [0.2, 0.25) is 5.91 Å². The number of carbonyl (C=O) groups excluding carboxylic acids is 1. The highest BCUT2D eigenvalue weighted by atomic mass is 16.2. The van der Waals surface area contributed by atoms with Gasteiger partial charge in [-0.05, 0) is 47.2 Å². The molecule has 0 aliphatic heterocycles. The number of amides is 1. The second-order valence-electron chi connectivity index (χ2n) is 4.59. The maximum atomic E-state index is 11.9. The summed E-state index contributed by atoms with van der Waals surface area (Å²) in [5, 5.41) is 3.00. The first-order valence-electron chi connectivity index (χ1n) is 6.16. The van der Waals surface area contributed by atoms with Crippen LogP contribution in [0.25, 0.3) is 0 Å². The van der Waals surface area contributed by atoms with E-state index in [9.17, 15) is 4.79 Å². The Morgan fingerprint density at radius 2 is 1.94 bits per heavy atom. The molecule has 4 nitrogen and oxygen atoms in total. The van der Waals surface area contributed by atoms with Crippen LogP contribution < -0.4 is 11.1 Å². The minimum Gasteiger partial charge on any atom is -0.352 e. The molecule has 0 fully saturated rings. The molecule has 0 spiro atoms. The van der Waals surface area contributed by atoms with Crippen molar-refractivity contribution in [3.8, 4) is 0 Å². The van der Waals surface area contributed by atoms with Gasteiger partial charge in [0.05, 0.1) is 6.04 Å². The van der Waals surface area contributed by atoms with E-state index in [1.807, 2.05) is 20.9 Å². The second-order valence-corrected chi connectivity index (χ2v) is 4.59. The first-order valence-corrected chi connectivity index (χ1v) is 6.16. The van der Waals surface area contributed by atoms with Crippen LogP contribution in [0.1, 0.15) is 40.5 Å². The van der Waals surface area contributed by atoms with Crippen LogP contribution in [0.3, 0.4) is 0 Å². The maximum Gasteiger partial charge on any atom is 0.237 e. The monoisotopic (exact) mass is 229 g/mol. The van der Waals surface area contributed by atoms with Crippen LogP contribution in [-0.4, -0.2) is 42.5 Å². The van der Waals surface area contributed by atoms with Crippen LogP contribution >= 0.6 is 0 Å². The van der Waals surface area contributed by atoms with Crippen LogP contribution in [0.5, 0.6) is 0 Å². The van der Waals surface area contributed by atoms with Crippen LogP contribution in [0.4, 0.5) is 0 Å². The molecular weight excluding hydrogens is 202 g/mol. The Morgan fingerprint density at radius 1 is 1.38 bits per heavy atom. The van der Waals surface area contributed by atoms with E-state index in [2.05, 4.69) is 24.1 Å². The molecule has 3 N–H and O–H groups in total. The molecular formula is C12H27N3O. The Balaban J connectivity index is 4.20. The lowest BCUT2D eigenvalue weighted by atomic mass is 10.1. The van der Waals surface area contributed by atoms with Crippen molar-refractivity contribution in [3.05, 3.63) is 0 Å². The molecule has 0 aromatic rings. The number of hydrogen-bond donors (Lipinski definition) is 2. The zero-order valence-corrected chi connectivity index (χ0v) is 11.3. The van der Waals surface area contributed by atoms with Crippen molar-refractivity contribution in [2.75, 3.05) is 13.6 Å². The number of hydrogen-bond acceptors (Lipinski definition) is 3. The molecule has 0 aromatic carbocycles. The molecule has 0 heterocycles. The van der Waals surface area contributed by atoms with Gasteiger partial charge in [-0.15, -0.1) is 0 Å². The summed E-state index contributed by atoms with van der Waals surface area (Å²) in [6, 6.07) is 0.478. The first kappa shape index (κ1) is 15.4. The third-order valence-electron chi connectivity index (χ3n) is 3.27. The predicted octanol–water partition coefficient (Wildman–Crippen LogP) is 0.959. The highest BCUT2D eigenvalue weighted by molar-refractivity contribution is 5.81. The average molecular weight is 229 g/mol. The average Bonchev–Trinajstić information content (AvgIpc) is 2.26. The van der Waals surface area contributed by atoms with Gasteiger partial charge in [-0.2, -0.15) is 0 Å². The predicted molar refractivity (Wildman–Crippen MR) is 68.3 cm³/mol. The van der Waals surface area contributed by atoms with Crippen molar-refractivity contribution in [1.82, 2.24) is 10.2 Å². The molecule has 0 aromatic heterocycles. The Morgan fingerprint density at radius 3 is 2.38 bits per heavy atom. The Labute approximate surface area is 99.6 Å². The van der Waals surface area contributed by atoms with Crippen molar-refractivity contribution in [3.63, 3.8) is 0 Å². The number of rotatable bonds is 7. The van der Waals surface area contributed by atoms with Crippen molar-refractivity contribution < 1.29 is 4.79 Å². The summed E-state index contributed by atoms with van der Waals surface area (Å²) >= 11 is 0. The largest absolute Gasteiger partial charge is 0.352 e. The van der Waals surface area contributed by atoms with E-state index < -0.39 is 0 Å². The fourth-order valence-corrected chi connectivity index (χ4v) is 1.48. The van der Waals surface area contributed by atoms with E-state index in [0.717, 1.165) is 12.8 Å². The summed E-state index contributed by atoms with van der Waals surface area (Å²) in [6.07, 6.45) is 1.87. The highest BCUT2D eigenvalue weighted by Gasteiger charge is 2.22. The number of nitrogens with zero attached hydrogens (tertiary/aromatic N) is 1. The van der Waals surface area contributed by atoms with Gasteiger partial charge in [-0.1, -0.05) is 6.92 Å². The smallest absolute Gasteiger partial charge is 0.237 e. The zero-order chi connectivity index (χ0) is 12.7. The van der Waals surface area contributed by atoms with Crippen molar-refractivity contribution >= 4 is 5.91 Å². The van der Waals surface area contributed by atoms with E-state index in [1.54, 1.807) is 0 Å². The summed E-state index contributed by atoms with van der Waals surface area (Å²) in [5.41, 5.74) is 5.52. The summed E-state index contributed by atoms with van der Waals surface area (Å²) in [5.74, 6) is 0.0979. The van der Waals surface area contributed by atoms with E-state index in [1.165, 1.54) is 0 Å². The third-order valence-corrected chi connectivity index (χ3v) is 3.27. The summed E-state index contributed by atoms with van der Waals surface area (Å²) in [6.45, 7) is 8.78. The van der Waals surface area contributed by atoms with Gasteiger partial charge in [-0.3, -0.25) is 9.69 Å². The normalized spacial score (nSPS) is 16.9. The van der Waals surface area contributed by atoms with E-state index in [-0.39, 0.29) is 18.0 Å². The van der Waals surface area contributed by atoms with Gasteiger partial charge in [0.1, 0.15) is 0 Å². The zero-order valence-electron chi connectivity index (χ0n) is 11.3. The van der Waals surface area contributed by atoms with Crippen LogP contribution in [0, 0.1) is 0 Å². The topological polar surface area (TPSA) is 58.4 Å². The molecule has 1 amide bonds. The van der Waals surface area contributed by atoms with Crippen molar-refractivity contribution in [2.24, 2.45) is 5.73 Å². The van der Waals surface area contributed by atoms with Gasteiger partial charge in [0, 0.05) is 12.1 Å². The molecule has 4 heteroatoms. The molecule has 0 saturated heterocycles. The van der Waals surface area contributed by atoms with Gasteiger partial charge in [0.25, 0.3) is 0 Å². The molecule has 0 aliphatic carbocycles. The van der Waals surface area contributed by atoms with Crippen LogP contribution in [0.15, 0.2) is 0 Å². The van der Waals surface area contributed by atoms with Gasteiger partial charge >= 0.3 is 0 Å². The molecule has 3 unspecified atom stereocenters. The minimum atomic E-state index is -0.101. The van der Waals surface area contributed by atoms with E-state index in [4.69, 9.17) is 5.73 Å². The molecule has 16 heavy (non-hydrogen) atoms. The molecule has 0 radical (unpaired) electrons. The number of likely N-dealkylation sites (N-methyl/N-ethyl adjacent to an activating group) is 1. The lowest BCUT2D eigenvalue weighted by molar-refractivity contribution is -0.126. The van der Waals surface area contributed by atoms with E-state index in [0.29, 0.717) is 12.6 Å². The fourth-order valence-electron chi connectivity index (χ4n) is 1.48. The SMILES string of the molecule is CCC(C)NC(=O)C(C)N(C)C(C)CCN. The van der Waals surface area contributed by atoms with Gasteiger partial charge in [-0.25, -0.2) is 0 Å². The molecule has 96 valence electrons. The molecule has 3 atom stereocenters. The Bertz CT molecular complexity index is 208. The summed E-state index contributed by atoms with van der Waals surface area (Å²) in [4.78, 5) is 14.0. The number of nitrogens with two attached hydrogens (primary N) is 1. The summed E-state index contributed by atoms with van der Waals surface area (Å²) in [7, 11) is 1.97. The second kappa shape index (κ2) is 7.63. The minimum absolute atomic E-state index is 0.0979. The summed E-state index contributed by atoms with van der Waals surface area (Å²) < 4.78 is 0. The van der Waals surface area contributed by atoms with Crippen molar-refractivity contribution in [2.45, 2.75) is 58.7 Å². The molecule has 0 saturated carbocycles. The van der Waals surface area contributed by atoms with Crippen LogP contribution in [-0.2, 0) is 4.79 Å². The first-order chi connectivity index (χ1) is 7.43. The standard InChI is InChI=1S/C12H27N3O/c1-6-9(2)14-12(16)11(4)15(5)10(3)7-8-13/h9-11H,6-8,13H2,1-5H3,(H,14,16). The lowest BCUT2D eigenvalue weighted by Gasteiger charge is -2.30. The number of carbonyl (C=O) groups is 1. The lowest BCUT2D eigenvalue weighted by Crippen LogP contribution is -2.49. The molecule has 0 aliphatic rings. The quantitative estimate of drug-likeness (QED) is 0.683.